The number of carbonyl (C=O) groups excluding carboxylic acids is 1. The molecule has 1 aliphatic rings. The number of anilines is 1. The SMILES string of the molecule is CN1CCN(CC(=O)N(C)c2ccc([N+](=O)O)cc2)CC1. The standard InChI is InChI=1S/C14H21N4O3/c1-15-7-9-17(10-8-15)11-14(19)16(2)12-3-5-13(6-4-12)18(20)21/h3-6H,7-11H2,1-2H3,(H,20,21)/q+1. The molecule has 0 bridgehead atoms. The molecule has 1 aliphatic heterocycles. The average Bonchev–Trinajstić information content (AvgIpc) is 2.49. The third-order valence-corrected chi connectivity index (χ3v) is 3.79. The Morgan fingerprint density at radius 2 is 1.81 bits per heavy atom. The van der Waals surface area contributed by atoms with Crippen LogP contribution in [0.3, 0.4) is 0 Å². The molecule has 7 nitrogen and oxygen atoms in total. The van der Waals surface area contributed by atoms with Crippen LogP contribution in [-0.4, -0.2) is 72.7 Å². The maximum atomic E-state index is 12.3. The van der Waals surface area contributed by atoms with E-state index in [0.29, 0.717) is 12.2 Å². The molecule has 2 rings (SSSR count). The molecule has 0 spiro atoms. The van der Waals surface area contributed by atoms with Gasteiger partial charge >= 0.3 is 5.69 Å². The summed E-state index contributed by atoms with van der Waals surface area (Å²) < 4.78 is 0. The van der Waals surface area contributed by atoms with Gasteiger partial charge in [0.1, 0.15) is 0 Å². The van der Waals surface area contributed by atoms with Crippen LogP contribution in [0.4, 0.5) is 11.4 Å². The fraction of sp³-hybridized carbons (Fsp3) is 0.500. The Kier molecular flexibility index (Phi) is 4.87. The lowest BCUT2D eigenvalue weighted by Gasteiger charge is -2.32. The monoisotopic (exact) mass is 293 g/mol. The fourth-order valence-electron chi connectivity index (χ4n) is 2.25. The second-order valence-electron chi connectivity index (χ2n) is 5.32. The zero-order valence-electron chi connectivity index (χ0n) is 12.4. The Balaban J connectivity index is 1.94. The molecule has 1 N–H and O–H groups in total. The van der Waals surface area contributed by atoms with Gasteiger partial charge in [0.25, 0.3) is 4.92 Å². The summed E-state index contributed by atoms with van der Waals surface area (Å²) >= 11 is 0. The first-order chi connectivity index (χ1) is 9.97. The molecule has 0 aromatic heterocycles. The van der Waals surface area contributed by atoms with Gasteiger partial charge in [-0.15, -0.1) is 0 Å². The Morgan fingerprint density at radius 1 is 1.24 bits per heavy atom. The topological polar surface area (TPSA) is 67.1 Å². The molecule has 1 aromatic rings. The summed E-state index contributed by atoms with van der Waals surface area (Å²) in [6.45, 7) is 4.12. The number of hydrogen-bond acceptors (Lipinski definition) is 4. The van der Waals surface area contributed by atoms with Crippen LogP contribution in [0.15, 0.2) is 24.3 Å². The van der Waals surface area contributed by atoms with Crippen molar-refractivity contribution in [2.75, 3.05) is 51.7 Å². The summed E-state index contributed by atoms with van der Waals surface area (Å²) in [5.41, 5.74) is 0.832. The van der Waals surface area contributed by atoms with Crippen LogP contribution >= 0.6 is 0 Å². The molecule has 0 saturated carbocycles. The summed E-state index contributed by atoms with van der Waals surface area (Å²) in [6.07, 6.45) is 0. The Bertz CT molecular complexity index is 509. The third-order valence-electron chi connectivity index (χ3n) is 3.79. The third kappa shape index (κ3) is 3.99. The number of rotatable bonds is 4. The number of hydrogen-bond donors (Lipinski definition) is 1. The van der Waals surface area contributed by atoms with E-state index in [4.69, 9.17) is 5.21 Å². The van der Waals surface area contributed by atoms with Gasteiger partial charge in [0.05, 0.1) is 11.5 Å². The summed E-state index contributed by atoms with van der Waals surface area (Å²) in [7, 11) is 3.79. The molecule has 7 heteroatoms. The Hall–Kier alpha value is -1.99. The van der Waals surface area contributed by atoms with Crippen molar-refractivity contribution in [1.29, 1.82) is 0 Å². The van der Waals surface area contributed by atoms with Crippen LogP contribution in [0.1, 0.15) is 0 Å². The minimum Gasteiger partial charge on any atom is -0.314 e. The van der Waals surface area contributed by atoms with E-state index in [-0.39, 0.29) is 16.5 Å². The number of amides is 1. The predicted molar refractivity (Wildman–Crippen MR) is 78.9 cm³/mol. The molecular weight excluding hydrogens is 272 g/mol. The first kappa shape index (κ1) is 15.4. The van der Waals surface area contributed by atoms with E-state index in [2.05, 4.69) is 16.8 Å². The first-order valence-corrected chi connectivity index (χ1v) is 6.91. The van der Waals surface area contributed by atoms with Crippen molar-refractivity contribution < 1.29 is 14.9 Å². The Morgan fingerprint density at radius 3 is 2.33 bits per heavy atom. The zero-order chi connectivity index (χ0) is 15.4. The summed E-state index contributed by atoms with van der Waals surface area (Å²) in [6, 6.07) is 6.22. The van der Waals surface area contributed by atoms with Gasteiger partial charge in [-0.05, 0) is 19.2 Å². The molecule has 1 heterocycles. The molecule has 0 radical (unpaired) electrons. The van der Waals surface area contributed by atoms with E-state index in [1.54, 1.807) is 24.1 Å². The highest BCUT2D eigenvalue weighted by Crippen LogP contribution is 2.18. The molecule has 114 valence electrons. The lowest BCUT2D eigenvalue weighted by Crippen LogP contribution is -2.48. The van der Waals surface area contributed by atoms with E-state index >= 15 is 0 Å². The van der Waals surface area contributed by atoms with Gasteiger partial charge in [0.15, 0.2) is 0 Å². The van der Waals surface area contributed by atoms with Gasteiger partial charge in [0, 0.05) is 51.0 Å². The second kappa shape index (κ2) is 6.64. The number of likely N-dealkylation sites (N-methyl/N-ethyl adjacent to an activating group) is 2. The average molecular weight is 293 g/mol. The van der Waals surface area contributed by atoms with E-state index in [0.717, 1.165) is 26.2 Å². The quantitative estimate of drug-likeness (QED) is 0.828. The van der Waals surface area contributed by atoms with Crippen molar-refractivity contribution in [1.82, 2.24) is 9.80 Å². The van der Waals surface area contributed by atoms with Gasteiger partial charge in [-0.1, -0.05) is 0 Å². The van der Waals surface area contributed by atoms with Crippen LogP contribution < -0.4 is 4.90 Å². The molecule has 1 saturated heterocycles. The molecule has 1 aromatic carbocycles. The van der Waals surface area contributed by atoms with E-state index in [1.165, 1.54) is 12.1 Å². The van der Waals surface area contributed by atoms with Crippen molar-refractivity contribution in [3.05, 3.63) is 29.2 Å². The van der Waals surface area contributed by atoms with Crippen molar-refractivity contribution in [3.8, 4) is 0 Å². The second-order valence-corrected chi connectivity index (χ2v) is 5.32. The highest BCUT2D eigenvalue weighted by atomic mass is 16.6. The minimum absolute atomic E-state index is 0.00952. The van der Waals surface area contributed by atoms with Gasteiger partial charge < -0.3 is 9.80 Å². The number of nitrogens with zero attached hydrogens (tertiary/aromatic N) is 4. The van der Waals surface area contributed by atoms with E-state index < -0.39 is 0 Å². The fourth-order valence-corrected chi connectivity index (χ4v) is 2.25. The van der Waals surface area contributed by atoms with E-state index in [1.807, 2.05) is 0 Å². The van der Waals surface area contributed by atoms with Crippen LogP contribution in [0.25, 0.3) is 0 Å². The van der Waals surface area contributed by atoms with Gasteiger partial charge in [-0.2, -0.15) is 0 Å². The predicted octanol–water partition coefficient (Wildman–Crippen LogP) is 0.696. The highest BCUT2D eigenvalue weighted by molar-refractivity contribution is 5.94. The Labute approximate surface area is 123 Å². The van der Waals surface area contributed by atoms with Gasteiger partial charge in [-0.3, -0.25) is 9.69 Å². The molecule has 0 aliphatic carbocycles. The zero-order valence-corrected chi connectivity index (χ0v) is 12.4. The smallest absolute Gasteiger partial charge is 0.314 e. The largest absolute Gasteiger partial charge is 0.316 e. The van der Waals surface area contributed by atoms with Gasteiger partial charge in [-0.25, -0.2) is 5.21 Å². The van der Waals surface area contributed by atoms with Crippen molar-refractivity contribution in [2.45, 2.75) is 0 Å². The van der Waals surface area contributed by atoms with Crippen LogP contribution in [-0.2, 0) is 4.79 Å². The van der Waals surface area contributed by atoms with Crippen molar-refractivity contribution >= 4 is 17.3 Å². The summed E-state index contributed by atoms with van der Waals surface area (Å²) in [4.78, 5) is 28.7. The maximum Gasteiger partial charge on any atom is 0.316 e. The van der Waals surface area contributed by atoms with Crippen LogP contribution in [0, 0.1) is 4.91 Å². The number of benzene rings is 1. The molecule has 0 atom stereocenters. The minimum atomic E-state index is -0.199. The van der Waals surface area contributed by atoms with Gasteiger partial charge in [0.2, 0.25) is 5.91 Å². The van der Waals surface area contributed by atoms with Crippen LogP contribution in [0.5, 0.6) is 0 Å². The number of carbonyl (C=O) groups is 1. The van der Waals surface area contributed by atoms with E-state index in [9.17, 15) is 9.70 Å². The molecule has 0 unspecified atom stereocenters. The molecule has 1 fully saturated rings. The highest BCUT2D eigenvalue weighted by Gasteiger charge is 2.20. The first-order valence-electron chi connectivity index (χ1n) is 6.91. The lowest BCUT2D eigenvalue weighted by molar-refractivity contribution is -0.729. The maximum absolute atomic E-state index is 12.3. The molecular formula is C14H21N4O3+. The van der Waals surface area contributed by atoms with Crippen molar-refractivity contribution in [2.24, 2.45) is 0 Å². The lowest BCUT2D eigenvalue weighted by atomic mass is 10.2. The van der Waals surface area contributed by atoms with Crippen molar-refractivity contribution in [3.63, 3.8) is 0 Å². The molecule has 21 heavy (non-hydrogen) atoms. The van der Waals surface area contributed by atoms with Crippen LogP contribution in [0.2, 0.25) is 0 Å². The number of piperazine rings is 1. The summed E-state index contributed by atoms with van der Waals surface area (Å²) in [5.74, 6) is 0.00952. The molecule has 1 amide bonds. The normalized spacial score (nSPS) is 16.7. The summed E-state index contributed by atoms with van der Waals surface area (Å²) in [5, 5.41) is 8.79.